The summed E-state index contributed by atoms with van der Waals surface area (Å²) >= 11 is 0. The van der Waals surface area contributed by atoms with E-state index in [1.54, 1.807) is 0 Å². The van der Waals surface area contributed by atoms with E-state index in [2.05, 4.69) is 25.7 Å². The number of hydrogen-bond donors (Lipinski definition) is 0. The Hall–Kier alpha value is -3.09. The summed E-state index contributed by atoms with van der Waals surface area (Å²) in [5.41, 5.74) is 3.43. The van der Waals surface area contributed by atoms with Crippen molar-refractivity contribution in [3.8, 4) is 5.75 Å². The molecule has 1 atom stereocenters. The third kappa shape index (κ3) is 4.16. The lowest BCUT2D eigenvalue weighted by Crippen LogP contribution is -2.38. The van der Waals surface area contributed by atoms with Gasteiger partial charge >= 0.3 is 0 Å². The average Bonchev–Trinajstić information content (AvgIpc) is 3.23. The Morgan fingerprint density at radius 1 is 1.19 bits per heavy atom. The van der Waals surface area contributed by atoms with Gasteiger partial charge in [-0.05, 0) is 59.1 Å². The first-order valence-electron chi connectivity index (χ1n) is 11.7. The van der Waals surface area contributed by atoms with E-state index >= 15 is 0 Å². The first-order valence-corrected chi connectivity index (χ1v) is 11.7. The van der Waals surface area contributed by atoms with Crippen molar-refractivity contribution in [1.82, 2.24) is 19.5 Å². The maximum atomic E-state index is 13.6. The molecule has 7 nitrogen and oxygen atoms in total. The SMILES string of the molecule is CCOc1ccccc1C(=O)N1CCCC[C@H]1c1cc2nc(N(CC)CC)c(C)cn2n1. The topological polar surface area (TPSA) is 63.0 Å². The van der Waals surface area contributed by atoms with Gasteiger partial charge in [0.25, 0.3) is 5.91 Å². The molecular weight excluding hydrogens is 402 g/mol. The number of nitrogens with zero attached hydrogens (tertiary/aromatic N) is 5. The van der Waals surface area contributed by atoms with Gasteiger partial charge in [0.1, 0.15) is 11.6 Å². The van der Waals surface area contributed by atoms with Crippen molar-refractivity contribution in [1.29, 1.82) is 0 Å². The number of hydrogen-bond acceptors (Lipinski definition) is 5. The highest BCUT2D eigenvalue weighted by Crippen LogP contribution is 2.34. The van der Waals surface area contributed by atoms with Crippen molar-refractivity contribution in [2.75, 3.05) is 31.1 Å². The van der Waals surface area contributed by atoms with E-state index in [0.717, 1.165) is 61.6 Å². The number of ether oxygens (including phenoxy) is 1. The lowest BCUT2D eigenvalue weighted by Gasteiger charge is -2.35. The third-order valence-electron chi connectivity index (χ3n) is 6.21. The van der Waals surface area contributed by atoms with E-state index in [1.807, 2.05) is 52.9 Å². The van der Waals surface area contributed by atoms with Gasteiger partial charge in [-0.25, -0.2) is 9.50 Å². The fraction of sp³-hybridized carbons (Fsp3) is 0.480. The van der Waals surface area contributed by atoms with E-state index < -0.39 is 0 Å². The quantitative estimate of drug-likeness (QED) is 0.541. The molecule has 1 fully saturated rings. The van der Waals surface area contributed by atoms with Crippen molar-refractivity contribution in [2.45, 2.75) is 53.0 Å². The number of aromatic nitrogens is 3. The molecule has 0 radical (unpaired) electrons. The number of fused-ring (bicyclic) bond motifs is 1. The zero-order valence-corrected chi connectivity index (χ0v) is 19.5. The Bertz CT molecular complexity index is 1090. The normalized spacial score (nSPS) is 16.4. The van der Waals surface area contributed by atoms with Crippen LogP contribution in [0.15, 0.2) is 36.5 Å². The van der Waals surface area contributed by atoms with E-state index in [0.29, 0.717) is 17.9 Å². The van der Waals surface area contributed by atoms with Gasteiger partial charge in [0.05, 0.1) is 23.9 Å². The molecule has 1 aliphatic heterocycles. The van der Waals surface area contributed by atoms with Crippen LogP contribution < -0.4 is 9.64 Å². The second kappa shape index (κ2) is 9.59. The molecule has 1 saturated heterocycles. The summed E-state index contributed by atoms with van der Waals surface area (Å²) in [6, 6.07) is 9.48. The highest BCUT2D eigenvalue weighted by atomic mass is 16.5. The molecule has 4 rings (SSSR count). The van der Waals surface area contributed by atoms with Crippen LogP contribution >= 0.6 is 0 Å². The summed E-state index contributed by atoms with van der Waals surface area (Å²) in [6.45, 7) is 11.3. The molecule has 170 valence electrons. The molecule has 1 amide bonds. The molecule has 0 saturated carbocycles. The minimum absolute atomic E-state index is 0.00350. The monoisotopic (exact) mass is 435 g/mol. The minimum Gasteiger partial charge on any atom is -0.493 e. The molecule has 1 aromatic carbocycles. The molecule has 0 unspecified atom stereocenters. The van der Waals surface area contributed by atoms with E-state index in [9.17, 15) is 4.79 Å². The first kappa shape index (κ1) is 22.1. The van der Waals surface area contributed by atoms with Crippen LogP contribution in [-0.4, -0.2) is 51.6 Å². The Kier molecular flexibility index (Phi) is 6.63. The smallest absolute Gasteiger partial charge is 0.258 e. The largest absolute Gasteiger partial charge is 0.493 e. The molecule has 1 aliphatic rings. The summed E-state index contributed by atoms with van der Waals surface area (Å²) in [7, 11) is 0. The number of para-hydroxylation sites is 1. The maximum Gasteiger partial charge on any atom is 0.258 e. The molecule has 32 heavy (non-hydrogen) atoms. The third-order valence-corrected chi connectivity index (χ3v) is 6.21. The fourth-order valence-corrected chi connectivity index (χ4v) is 4.59. The average molecular weight is 436 g/mol. The number of carbonyl (C=O) groups excluding carboxylic acids is 1. The summed E-state index contributed by atoms with van der Waals surface area (Å²) in [5.74, 6) is 1.64. The number of benzene rings is 1. The lowest BCUT2D eigenvalue weighted by molar-refractivity contribution is 0.0601. The Morgan fingerprint density at radius 2 is 1.97 bits per heavy atom. The van der Waals surface area contributed by atoms with Crippen molar-refractivity contribution in [3.63, 3.8) is 0 Å². The molecule has 0 bridgehead atoms. The number of carbonyl (C=O) groups is 1. The predicted octanol–water partition coefficient (Wildman–Crippen LogP) is 4.65. The van der Waals surface area contributed by atoms with Crippen LogP contribution in [-0.2, 0) is 0 Å². The van der Waals surface area contributed by atoms with Crippen molar-refractivity contribution in [3.05, 3.63) is 53.3 Å². The van der Waals surface area contributed by atoms with Crippen LogP contribution in [0.1, 0.15) is 67.7 Å². The van der Waals surface area contributed by atoms with Crippen LogP contribution in [0.25, 0.3) is 5.65 Å². The highest BCUT2D eigenvalue weighted by Gasteiger charge is 2.32. The number of rotatable bonds is 7. The summed E-state index contributed by atoms with van der Waals surface area (Å²) in [5, 5.41) is 4.84. The fourth-order valence-electron chi connectivity index (χ4n) is 4.59. The first-order chi connectivity index (χ1) is 15.6. The van der Waals surface area contributed by atoms with E-state index in [-0.39, 0.29) is 11.9 Å². The van der Waals surface area contributed by atoms with Crippen LogP contribution in [0.5, 0.6) is 5.75 Å². The van der Waals surface area contributed by atoms with Gasteiger partial charge in [0.15, 0.2) is 5.65 Å². The molecule has 0 aliphatic carbocycles. The number of anilines is 1. The molecule has 2 aromatic heterocycles. The Balaban J connectivity index is 1.69. The molecule has 3 aromatic rings. The van der Waals surface area contributed by atoms with Crippen molar-refractivity contribution >= 4 is 17.4 Å². The van der Waals surface area contributed by atoms with Gasteiger partial charge in [0, 0.05) is 37.5 Å². The molecular formula is C25H33N5O2. The second-order valence-electron chi connectivity index (χ2n) is 8.23. The summed E-state index contributed by atoms with van der Waals surface area (Å²) < 4.78 is 7.58. The number of piperidine rings is 1. The second-order valence-corrected chi connectivity index (χ2v) is 8.23. The van der Waals surface area contributed by atoms with Crippen LogP contribution in [0.2, 0.25) is 0 Å². The van der Waals surface area contributed by atoms with Crippen LogP contribution in [0.3, 0.4) is 0 Å². The molecule has 3 heterocycles. The zero-order chi connectivity index (χ0) is 22.7. The number of aryl methyl sites for hydroxylation is 1. The minimum atomic E-state index is -0.0650. The summed E-state index contributed by atoms with van der Waals surface area (Å²) in [6.07, 6.45) is 5.01. The highest BCUT2D eigenvalue weighted by molar-refractivity contribution is 5.97. The van der Waals surface area contributed by atoms with Gasteiger partial charge in [-0.3, -0.25) is 4.79 Å². The standard InChI is InChI=1S/C25H33N5O2/c1-5-28(6-2)24-18(4)17-30-23(26-24)16-20(27-30)21-13-10-11-15-29(21)25(31)19-12-8-9-14-22(19)32-7-3/h8-9,12,14,16-17,21H,5-7,10-11,13,15H2,1-4H3/t21-/m0/s1. The van der Waals surface area contributed by atoms with E-state index in [4.69, 9.17) is 14.8 Å². The summed E-state index contributed by atoms with van der Waals surface area (Å²) in [4.78, 5) is 22.7. The number of likely N-dealkylation sites (tertiary alicyclic amines) is 1. The van der Waals surface area contributed by atoms with Gasteiger partial charge in [-0.15, -0.1) is 0 Å². The van der Waals surface area contributed by atoms with E-state index in [1.165, 1.54) is 0 Å². The lowest BCUT2D eigenvalue weighted by atomic mass is 9.98. The molecule has 0 spiro atoms. The predicted molar refractivity (Wildman–Crippen MR) is 127 cm³/mol. The zero-order valence-electron chi connectivity index (χ0n) is 19.5. The van der Waals surface area contributed by atoms with Crippen molar-refractivity contribution in [2.24, 2.45) is 0 Å². The van der Waals surface area contributed by atoms with Gasteiger partial charge < -0.3 is 14.5 Å². The molecule has 0 N–H and O–H groups in total. The van der Waals surface area contributed by atoms with Crippen molar-refractivity contribution < 1.29 is 9.53 Å². The van der Waals surface area contributed by atoms with Gasteiger partial charge in [0.2, 0.25) is 0 Å². The number of amides is 1. The molecule has 7 heteroatoms. The van der Waals surface area contributed by atoms with Gasteiger partial charge in [-0.2, -0.15) is 5.10 Å². The van der Waals surface area contributed by atoms with Gasteiger partial charge in [-0.1, -0.05) is 12.1 Å². The maximum absolute atomic E-state index is 13.6. The van der Waals surface area contributed by atoms with Crippen LogP contribution in [0.4, 0.5) is 5.82 Å². The van der Waals surface area contributed by atoms with Crippen LogP contribution in [0, 0.1) is 6.92 Å². The Morgan fingerprint density at radius 3 is 2.72 bits per heavy atom. The Labute approximate surface area is 190 Å².